The van der Waals surface area contributed by atoms with E-state index in [1.165, 1.54) is 18.7 Å². The molecule has 0 saturated heterocycles. The number of thioether (sulfide) groups is 1. The van der Waals surface area contributed by atoms with Crippen LogP contribution in [0.1, 0.15) is 46.5 Å². The third kappa shape index (κ3) is 18.8. The Morgan fingerprint density at radius 3 is 2.28 bits per heavy atom. The SMILES string of the molecule is C.COCCOCCCC(=O)C(CSC)NC(=O)CCCC(C)=O.[Y]. The van der Waals surface area contributed by atoms with Crippen molar-refractivity contribution in [3.8, 4) is 0 Å². The maximum atomic E-state index is 12.2. The van der Waals surface area contributed by atoms with Crippen molar-refractivity contribution in [1.82, 2.24) is 5.32 Å². The zero-order chi connectivity index (χ0) is 17.5. The Morgan fingerprint density at radius 2 is 1.72 bits per heavy atom. The van der Waals surface area contributed by atoms with E-state index in [0.717, 1.165) is 0 Å². The fraction of sp³-hybridized carbons (Fsp3) is 0.824. The van der Waals surface area contributed by atoms with Crippen LogP contribution in [-0.4, -0.2) is 62.5 Å². The second-order valence-electron chi connectivity index (χ2n) is 5.31. The second kappa shape index (κ2) is 20.5. The van der Waals surface area contributed by atoms with Gasteiger partial charge in [0.1, 0.15) is 5.78 Å². The Hall–Kier alpha value is 0.184. The van der Waals surface area contributed by atoms with Gasteiger partial charge in [0.2, 0.25) is 5.91 Å². The van der Waals surface area contributed by atoms with Crippen molar-refractivity contribution in [3.05, 3.63) is 0 Å². The summed E-state index contributed by atoms with van der Waals surface area (Å²) in [6, 6.07) is -0.464. The van der Waals surface area contributed by atoms with Gasteiger partial charge in [-0.3, -0.25) is 9.59 Å². The molecule has 0 saturated carbocycles. The molecule has 0 aliphatic rings. The molecule has 25 heavy (non-hydrogen) atoms. The van der Waals surface area contributed by atoms with E-state index >= 15 is 0 Å². The number of ketones is 2. The number of nitrogens with one attached hydrogen (secondary N) is 1. The van der Waals surface area contributed by atoms with E-state index in [4.69, 9.17) is 9.47 Å². The van der Waals surface area contributed by atoms with E-state index in [2.05, 4.69) is 5.32 Å². The Balaban J connectivity index is -0.00000242. The summed E-state index contributed by atoms with van der Waals surface area (Å²) in [6.45, 7) is 3.07. The van der Waals surface area contributed by atoms with Crippen molar-refractivity contribution >= 4 is 29.2 Å². The van der Waals surface area contributed by atoms with Gasteiger partial charge in [-0.2, -0.15) is 11.8 Å². The first kappa shape index (κ1) is 29.9. The molecule has 1 amide bonds. The minimum absolute atomic E-state index is 0. The summed E-state index contributed by atoms with van der Waals surface area (Å²) in [7, 11) is 1.61. The molecule has 1 N–H and O–H groups in total. The van der Waals surface area contributed by atoms with Gasteiger partial charge < -0.3 is 19.6 Å². The summed E-state index contributed by atoms with van der Waals surface area (Å²) in [6.07, 6.45) is 4.11. The Labute approximate surface area is 181 Å². The number of hydrogen-bond acceptors (Lipinski definition) is 6. The quantitative estimate of drug-likeness (QED) is 0.384. The Kier molecular flexibility index (Phi) is 24.5. The van der Waals surface area contributed by atoms with Crippen LogP contribution in [0, 0.1) is 0 Å². The van der Waals surface area contributed by atoms with Crippen molar-refractivity contribution in [2.24, 2.45) is 0 Å². The van der Waals surface area contributed by atoms with E-state index in [-0.39, 0.29) is 64.0 Å². The van der Waals surface area contributed by atoms with Crippen LogP contribution >= 0.6 is 11.8 Å². The van der Waals surface area contributed by atoms with Gasteiger partial charge in [0, 0.05) is 71.4 Å². The van der Waals surface area contributed by atoms with Gasteiger partial charge >= 0.3 is 0 Å². The van der Waals surface area contributed by atoms with Crippen LogP contribution in [0.5, 0.6) is 0 Å². The van der Waals surface area contributed by atoms with Gasteiger partial charge in [0.25, 0.3) is 0 Å². The Morgan fingerprint density at radius 1 is 1.04 bits per heavy atom. The standard InChI is InChI=1S/C16H29NO5S.CH4.Y/c1-13(18)6-4-8-16(20)17-14(12-23-3)15(19)7-5-9-22-11-10-21-2;;/h14H,4-12H2,1-3H3,(H,17,20);1H4;. The molecular weight excluding hydrogens is 419 g/mol. The molecule has 0 spiro atoms. The van der Waals surface area contributed by atoms with Crippen LogP contribution in [0.15, 0.2) is 0 Å². The minimum Gasteiger partial charge on any atom is -0.382 e. The second-order valence-corrected chi connectivity index (χ2v) is 6.22. The largest absolute Gasteiger partial charge is 0.382 e. The molecule has 0 aromatic rings. The normalized spacial score (nSPS) is 11.0. The monoisotopic (exact) mass is 452 g/mol. The summed E-state index contributed by atoms with van der Waals surface area (Å²) < 4.78 is 10.2. The molecule has 8 heteroatoms. The number of amides is 1. The van der Waals surface area contributed by atoms with Crippen molar-refractivity contribution in [3.63, 3.8) is 0 Å². The molecule has 145 valence electrons. The molecule has 0 fully saturated rings. The van der Waals surface area contributed by atoms with Crippen LogP contribution in [0.3, 0.4) is 0 Å². The summed E-state index contributed by atoms with van der Waals surface area (Å²) >= 11 is 1.52. The average Bonchev–Trinajstić information content (AvgIpc) is 2.49. The fourth-order valence-electron chi connectivity index (χ4n) is 1.91. The summed E-state index contributed by atoms with van der Waals surface area (Å²) in [5, 5.41) is 2.77. The molecule has 1 unspecified atom stereocenters. The van der Waals surface area contributed by atoms with Gasteiger partial charge in [-0.05, 0) is 26.0 Å². The van der Waals surface area contributed by atoms with Crippen molar-refractivity contribution in [2.45, 2.75) is 52.5 Å². The van der Waals surface area contributed by atoms with Gasteiger partial charge in [0.15, 0.2) is 5.78 Å². The maximum absolute atomic E-state index is 12.2. The third-order valence-electron chi connectivity index (χ3n) is 3.13. The summed E-state index contributed by atoms with van der Waals surface area (Å²) in [4.78, 5) is 34.9. The van der Waals surface area contributed by atoms with Gasteiger partial charge in [0.05, 0.1) is 19.3 Å². The molecule has 0 aromatic heterocycles. The van der Waals surface area contributed by atoms with Crippen LogP contribution in [0.2, 0.25) is 0 Å². The van der Waals surface area contributed by atoms with E-state index in [9.17, 15) is 14.4 Å². The first-order chi connectivity index (χ1) is 11.0. The van der Waals surface area contributed by atoms with E-state index in [1.54, 1.807) is 7.11 Å². The number of hydrogen-bond donors (Lipinski definition) is 1. The van der Waals surface area contributed by atoms with Crippen molar-refractivity contribution in [2.75, 3.05) is 38.9 Å². The molecule has 0 aliphatic heterocycles. The van der Waals surface area contributed by atoms with Crippen LogP contribution in [0.4, 0.5) is 0 Å². The van der Waals surface area contributed by atoms with E-state index in [0.29, 0.717) is 51.3 Å². The molecular formula is C17H33NO5SY. The van der Waals surface area contributed by atoms with Gasteiger partial charge in [-0.15, -0.1) is 0 Å². The third-order valence-corrected chi connectivity index (χ3v) is 3.80. The molecule has 0 rings (SSSR count). The number of carbonyl (C=O) groups excluding carboxylic acids is 3. The summed E-state index contributed by atoms with van der Waals surface area (Å²) in [5.74, 6) is 0.481. The zero-order valence-electron chi connectivity index (χ0n) is 15.0. The molecule has 1 atom stereocenters. The first-order valence-electron chi connectivity index (χ1n) is 7.88. The number of methoxy groups -OCH3 is 1. The smallest absolute Gasteiger partial charge is 0.220 e. The summed E-state index contributed by atoms with van der Waals surface area (Å²) in [5.41, 5.74) is 0. The van der Waals surface area contributed by atoms with E-state index < -0.39 is 6.04 Å². The fourth-order valence-corrected chi connectivity index (χ4v) is 2.52. The number of ether oxygens (including phenoxy) is 2. The van der Waals surface area contributed by atoms with Crippen LogP contribution in [0.25, 0.3) is 0 Å². The molecule has 0 heterocycles. The molecule has 6 nitrogen and oxygen atoms in total. The number of Topliss-reactive ketones (excluding diaryl/α,β-unsaturated/α-hetero) is 2. The van der Waals surface area contributed by atoms with Gasteiger partial charge in [-0.1, -0.05) is 7.43 Å². The molecule has 0 bridgehead atoms. The first-order valence-corrected chi connectivity index (χ1v) is 9.27. The number of carbonyl (C=O) groups is 3. The predicted octanol–water partition coefficient (Wildman–Crippen LogP) is 2.24. The number of rotatable bonds is 15. The van der Waals surface area contributed by atoms with Crippen molar-refractivity contribution < 1.29 is 56.6 Å². The molecule has 0 aliphatic carbocycles. The van der Waals surface area contributed by atoms with Crippen LogP contribution < -0.4 is 5.32 Å². The maximum Gasteiger partial charge on any atom is 0.220 e. The molecule has 0 aromatic carbocycles. The zero-order valence-corrected chi connectivity index (χ0v) is 18.6. The van der Waals surface area contributed by atoms with Crippen molar-refractivity contribution in [1.29, 1.82) is 0 Å². The van der Waals surface area contributed by atoms with Crippen LogP contribution in [-0.2, 0) is 56.6 Å². The predicted molar refractivity (Wildman–Crippen MR) is 98.5 cm³/mol. The minimum atomic E-state index is -0.464. The van der Waals surface area contributed by atoms with Gasteiger partial charge in [-0.25, -0.2) is 0 Å². The van der Waals surface area contributed by atoms with E-state index in [1.807, 2.05) is 6.26 Å². The topological polar surface area (TPSA) is 81.7 Å². The molecule has 1 radical (unpaired) electrons. The Bertz CT molecular complexity index is 369. The average molecular weight is 452 g/mol.